The van der Waals surface area contributed by atoms with Crippen LogP contribution in [0.1, 0.15) is 23.2 Å². The van der Waals surface area contributed by atoms with Crippen molar-refractivity contribution in [3.05, 3.63) is 47.9 Å². The topological polar surface area (TPSA) is 45.9 Å². The number of carbonyl (C=O) groups excluding carboxylic acids is 1. The number of para-hydroxylation sites is 2. The number of rotatable bonds is 5. The number of nitrogens with zero attached hydrogens (tertiary/aromatic N) is 2. The lowest BCUT2D eigenvalue weighted by Crippen LogP contribution is -2.54. The summed E-state index contributed by atoms with van der Waals surface area (Å²) in [5, 5.41) is 0. The van der Waals surface area contributed by atoms with Gasteiger partial charge in [-0.2, -0.15) is 11.8 Å². The molecule has 0 saturated carbocycles. The zero-order chi connectivity index (χ0) is 17.8. The van der Waals surface area contributed by atoms with Gasteiger partial charge < -0.3 is 19.0 Å². The molecule has 5 nitrogen and oxygen atoms in total. The number of anilines is 1. The van der Waals surface area contributed by atoms with Crippen LogP contribution in [0.25, 0.3) is 0 Å². The van der Waals surface area contributed by atoms with Crippen molar-refractivity contribution in [2.75, 3.05) is 37.9 Å². The summed E-state index contributed by atoms with van der Waals surface area (Å²) < 4.78 is 11.2. The molecule has 1 atom stereocenters. The Morgan fingerprint density at radius 3 is 2.80 bits per heavy atom. The number of piperazine rings is 1. The van der Waals surface area contributed by atoms with Crippen LogP contribution in [0, 0.1) is 0 Å². The van der Waals surface area contributed by atoms with E-state index >= 15 is 0 Å². The third kappa shape index (κ3) is 3.79. The first-order chi connectivity index (χ1) is 12.1. The van der Waals surface area contributed by atoms with Crippen molar-refractivity contribution < 1.29 is 13.9 Å². The van der Waals surface area contributed by atoms with E-state index in [0.29, 0.717) is 12.3 Å². The molecule has 1 fully saturated rings. The molecule has 0 spiro atoms. The van der Waals surface area contributed by atoms with E-state index in [9.17, 15) is 4.79 Å². The Bertz CT molecular complexity index is 731. The van der Waals surface area contributed by atoms with Gasteiger partial charge in [-0.15, -0.1) is 0 Å². The maximum absolute atomic E-state index is 12.8. The van der Waals surface area contributed by atoms with Gasteiger partial charge in [0.1, 0.15) is 11.5 Å². The number of carbonyl (C=O) groups is 1. The van der Waals surface area contributed by atoms with Crippen molar-refractivity contribution in [1.29, 1.82) is 0 Å². The van der Waals surface area contributed by atoms with E-state index in [2.05, 4.69) is 17.9 Å². The molecule has 1 aliphatic heterocycles. The number of hydrogen-bond donors (Lipinski definition) is 0. The molecule has 0 radical (unpaired) electrons. The van der Waals surface area contributed by atoms with Gasteiger partial charge in [0.25, 0.3) is 5.91 Å². The van der Waals surface area contributed by atoms with Crippen molar-refractivity contribution in [2.45, 2.75) is 18.7 Å². The normalized spacial score (nSPS) is 17.6. The molecule has 2 heterocycles. The summed E-state index contributed by atoms with van der Waals surface area (Å²) >= 11 is 1.68. The third-order valence-corrected chi connectivity index (χ3v) is 5.05. The number of benzene rings is 1. The highest BCUT2D eigenvalue weighted by Crippen LogP contribution is 2.30. The van der Waals surface area contributed by atoms with Gasteiger partial charge in [-0.1, -0.05) is 12.1 Å². The molecular formula is C19H24N2O3S. The summed E-state index contributed by atoms with van der Waals surface area (Å²) in [6.07, 6.45) is 2.02. The van der Waals surface area contributed by atoms with Crippen LogP contribution in [-0.2, 0) is 5.75 Å². The van der Waals surface area contributed by atoms with Crippen molar-refractivity contribution in [3.8, 4) is 5.75 Å². The first-order valence-electron chi connectivity index (χ1n) is 8.40. The minimum Gasteiger partial charge on any atom is -0.495 e. The van der Waals surface area contributed by atoms with E-state index in [1.807, 2.05) is 35.4 Å². The standard InChI is InChI=1S/C19H24N2O3S/c1-14-12-20(16-6-4-5-7-17(16)23-2)10-11-21(14)19(22)18-9-8-15(24-18)13-25-3/h4-9,14H,10-13H2,1-3H3/t14-/m1/s1. The predicted molar refractivity (Wildman–Crippen MR) is 102 cm³/mol. The fourth-order valence-electron chi connectivity index (χ4n) is 3.22. The predicted octanol–water partition coefficient (Wildman–Crippen LogP) is 3.50. The Morgan fingerprint density at radius 2 is 2.08 bits per heavy atom. The van der Waals surface area contributed by atoms with Gasteiger partial charge in [0.05, 0.1) is 18.6 Å². The van der Waals surface area contributed by atoms with Crippen LogP contribution in [0.15, 0.2) is 40.8 Å². The summed E-state index contributed by atoms with van der Waals surface area (Å²) in [7, 11) is 1.69. The van der Waals surface area contributed by atoms with Crippen molar-refractivity contribution in [1.82, 2.24) is 4.90 Å². The summed E-state index contributed by atoms with van der Waals surface area (Å²) in [4.78, 5) is 16.9. The highest BCUT2D eigenvalue weighted by molar-refractivity contribution is 7.97. The molecule has 1 aromatic heterocycles. The SMILES string of the molecule is COc1ccccc1N1CCN(C(=O)c2ccc(CSC)o2)[C@H](C)C1. The van der Waals surface area contributed by atoms with Gasteiger partial charge >= 0.3 is 0 Å². The Balaban J connectivity index is 1.69. The monoisotopic (exact) mass is 360 g/mol. The average Bonchev–Trinajstić information content (AvgIpc) is 3.10. The molecule has 0 unspecified atom stereocenters. The Labute approximate surface area is 152 Å². The minimum atomic E-state index is -0.0282. The average molecular weight is 360 g/mol. The molecule has 1 aliphatic rings. The molecule has 0 bridgehead atoms. The van der Waals surface area contributed by atoms with Crippen LogP contribution in [0.5, 0.6) is 5.75 Å². The van der Waals surface area contributed by atoms with Crippen LogP contribution in [0.3, 0.4) is 0 Å². The smallest absolute Gasteiger partial charge is 0.289 e. The first-order valence-corrected chi connectivity index (χ1v) is 9.80. The van der Waals surface area contributed by atoms with Gasteiger partial charge in [0, 0.05) is 25.7 Å². The number of hydrogen-bond acceptors (Lipinski definition) is 5. The van der Waals surface area contributed by atoms with Gasteiger partial charge in [-0.25, -0.2) is 0 Å². The number of furan rings is 1. The highest BCUT2D eigenvalue weighted by atomic mass is 32.2. The van der Waals surface area contributed by atoms with Crippen molar-refractivity contribution in [2.24, 2.45) is 0 Å². The van der Waals surface area contributed by atoms with Gasteiger partial charge in [0.2, 0.25) is 0 Å². The second-order valence-electron chi connectivity index (χ2n) is 6.16. The molecular weight excluding hydrogens is 336 g/mol. The zero-order valence-corrected chi connectivity index (χ0v) is 15.7. The third-order valence-electron chi connectivity index (χ3n) is 4.47. The lowest BCUT2D eigenvalue weighted by atomic mass is 10.1. The summed E-state index contributed by atoms with van der Waals surface area (Å²) in [6, 6.07) is 11.8. The fourth-order valence-corrected chi connectivity index (χ4v) is 3.66. The molecule has 0 N–H and O–H groups in total. The number of methoxy groups -OCH3 is 1. The maximum atomic E-state index is 12.8. The Kier molecular flexibility index (Phi) is 5.58. The van der Waals surface area contributed by atoms with Gasteiger partial charge in [-0.05, 0) is 37.4 Å². The summed E-state index contributed by atoms with van der Waals surface area (Å²) in [5.74, 6) is 2.89. The highest BCUT2D eigenvalue weighted by Gasteiger charge is 2.30. The molecule has 1 aromatic carbocycles. The maximum Gasteiger partial charge on any atom is 0.289 e. The number of ether oxygens (including phenoxy) is 1. The largest absolute Gasteiger partial charge is 0.495 e. The zero-order valence-electron chi connectivity index (χ0n) is 14.9. The summed E-state index contributed by atoms with van der Waals surface area (Å²) in [5.41, 5.74) is 1.07. The van der Waals surface area contributed by atoms with Crippen LogP contribution >= 0.6 is 11.8 Å². The second kappa shape index (κ2) is 7.87. The molecule has 3 rings (SSSR count). The lowest BCUT2D eigenvalue weighted by Gasteiger charge is -2.41. The Hall–Kier alpha value is -2.08. The minimum absolute atomic E-state index is 0.0282. The molecule has 1 saturated heterocycles. The molecule has 0 aliphatic carbocycles. The van der Waals surface area contributed by atoms with Crippen LogP contribution in [0.2, 0.25) is 0 Å². The molecule has 134 valence electrons. The van der Waals surface area contributed by atoms with Crippen LogP contribution in [-0.4, -0.2) is 49.8 Å². The fraction of sp³-hybridized carbons (Fsp3) is 0.421. The second-order valence-corrected chi connectivity index (χ2v) is 7.03. The van der Waals surface area contributed by atoms with Crippen molar-refractivity contribution >= 4 is 23.4 Å². The Morgan fingerprint density at radius 1 is 1.28 bits per heavy atom. The lowest BCUT2D eigenvalue weighted by molar-refractivity contribution is 0.0640. The van der Waals surface area contributed by atoms with E-state index < -0.39 is 0 Å². The van der Waals surface area contributed by atoms with Crippen molar-refractivity contribution in [3.63, 3.8) is 0 Å². The first kappa shape index (κ1) is 17.7. The number of thioether (sulfide) groups is 1. The van der Waals surface area contributed by atoms with Gasteiger partial charge in [-0.3, -0.25) is 4.79 Å². The quantitative estimate of drug-likeness (QED) is 0.817. The molecule has 6 heteroatoms. The molecule has 1 amide bonds. The van der Waals surface area contributed by atoms with Crippen LogP contribution < -0.4 is 9.64 Å². The van der Waals surface area contributed by atoms with E-state index in [0.717, 1.165) is 36.0 Å². The summed E-state index contributed by atoms with van der Waals surface area (Å²) in [6.45, 7) is 4.28. The van der Waals surface area contributed by atoms with E-state index in [4.69, 9.17) is 9.15 Å². The molecule has 2 aromatic rings. The molecule has 25 heavy (non-hydrogen) atoms. The number of amides is 1. The van der Waals surface area contributed by atoms with E-state index in [1.54, 1.807) is 24.9 Å². The van der Waals surface area contributed by atoms with Gasteiger partial charge in [0.15, 0.2) is 5.76 Å². The van der Waals surface area contributed by atoms with Crippen LogP contribution in [0.4, 0.5) is 5.69 Å². The van der Waals surface area contributed by atoms with E-state index in [-0.39, 0.29) is 11.9 Å². The van der Waals surface area contributed by atoms with E-state index in [1.165, 1.54) is 0 Å².